The first kappa shape index (κ1) is 14.2. The lowest BCUT2D eigenvalue weighted by Gasteiger charge is -2.18. The third-order valence-electron chi connectivity index (χ3n) is 2.38. The van der Waals surface area contributed by atoms with Gasteiger partial charge in [-0.1, -0.05) is 12.0 Å². The Labute approximate surface area is 108 Å². The topological polar surface area (TPSA) is 37.4 Å². The van der Waals surface area contributed by atoms with Crippen molar-refractivity contribution in [1.29, 1.82) is 0 Å². The molecular formula is C12H17NO2S2. The fourth-order valence-electron chi connectivity index (χ4n) is 1.36. The largest absolute Gasteiger partial charge is 0.214 e. The summed E-state index contributed by atoms with van der Waals surface area (Å²) in [5.41, 5.74) is 0. The van der Waals surface area contributed by atoms with Gasteiger partial charge in [-0.3, -0.25) is 0 Å². The predicted molar refractivity (Wildman–Crippen MR) is 72.5 cm³/mol. The SMILES string of the molecule is CC#CCN(CCc1cccs1)S(=O)(=O)CC. The highest BCUT2D eigenvalue weighted by Gasteiger charge is 2.18. The summed E-state index contributed by atoms with van der Waals surface area (Å²) in [6, 6.07) is 4.00. The van der Waals surface area contributed by atoms with Crippen LogP contribution in [0.15, 0.2) is 17.5 Å². The monoisotopic (exact) mass is 271 g/mol. The third kappa shape index (κ3) is 4.50. The summed E-state index contributed by atoms with van der Waals surface area (Å²) < 4.78 is 25.1. The Kier molecular flexibility index (Phi) is 5.69. The Morgan fingerprint density at radius 1 is 1.47 bits per heavy atom. The van der Waals surface area contributed by atoms with Gasteiger partial charge in [-0.15, -0.1) is 17.3 Å². The van der Waals surface area contributed by atoms with E-state index in [0.29, 0.717) is 6.54 Å². The van der Waals surface area contributed by atoms with Crippen LogP contribution in [0.5, 0.6) is 0 Å². The van der Waals surface area contributed by atoms with Crippen molar-refractivity contribution in [3.8, 4) is 11.8 Å². The van der Waals surface area contributed by atoms with Gasteiger partial charge in [-0.05, 0) is 31.7 Å². The number of hydrogen-bond donors (Lipinski definition) is 0. The minimum absolute atomic E-state index is 0.128. The zero-order valence-corrected chi connectivity index (χ0v) is 11.8. The van der Waals surface area contributed by atoms with E-state index in [1.165, 1.54) is 9.18 Å². The van der Waals surface area contributed by atoms with Crippen LogP contribution in [0.1, 0.15) is 18.7 Å². The van der Waals surface area contributed by atoms with Gasteiger partial charge in [0.05, 0.1) is 12.3 Å². The Morgan fingerprint density at radius 3 is 2.76 bits per heavy atom. The van der Waals surface area contributed by atoms with Gasteiger partial charge in [-0.25, -0.2) is 8.42 Å². The number of hydrogen-bond acceptors (Lipinski definition) is 3. The molecule has 0 aliphatic heterocycles. The lowest BCUT2D eigenvalue weighted by Crippen LogP contribution is -2.34. The zero-order chi connectivity index (χ0) is 12.7. The van der Waals surface area contributed by atoms with Gasteiger partial charge in [0.1, 0.15) is 0 Å². The first-order valence-electron chi connectivity index (χ1n) is 5.50. The molecule has 0 aliphatic carbocycles. The van der Waals surface area contributed by atoms with Crippen molar-refractivity contribution in [2.75, 3.05) is 18.8 Å². The fraction of sp³-hybridized carbons (Fsp3) is 0.500. The van der Waals surface area contributed by atoms with Crippen molar-refractivity contribution >= 4 is 21.4 Å². The summed E-state index contributed by atoms with van der Waals surface area (Å²) in [6.07, 6.45) is 0.752. The van der Waals surface area contributed by atoms with E-state index in [1.54, 1.807) is 25.2 Å². The molecule has 94 valence electrons. The Balaban J connectivity index is 2.66. The minimum atomic E-state index is -3.15. The lowest BCUT2D eigenvalue weighted by atomic mass is 10.3. The normalized spacial score (nSPS) is 11.2. The number of thiophene rings is 1. The lowest BCUT2D eigenvalue weighted by molar-refractivity contribution is 0.451. The molecule has 3 nitrogen and oxygen atoms in total. The molecule has 17 heavy (non-hydrogen) atoms. The van der Waals surface area contributed by atoms with Gasteiger partial charge >= 0.3 is 0 Å². The van der Waals surface area contributed by atoms with Crippen LogP contribution in [0.2, 0.25) is 0 Å². The molecular weight excluding hydrogens is 254 g/mol. The first-order valence-corrected chi connectivity index (χ1v) is 7.99. The van der Waals surface area contributed by atoms with Gasteiger partial charge in [0.2, 0.25) is 10.0 Å². The van der Waals surface area contributed by atoms with Crippen LogP contribution < -0.4 is 0 Å². The minimum Gasteiger partial charge on any atom is -0.212 e. The van der Waals surface area contributed by atoms with Gasteiger partial charge in [0.25, 0.3) is 0 Å². The number of rotatable bonds is 6. The summed E-state index contributed by atoms with van der Waals surface area (Å²) in [5, 5.41) is 2.00. The molecule has 0 saturated heterocycles. The quantitative estimate of drug-likeness (QED) is 0.742. The Bertz CT molecular complexity index is 480. The summed E-state index contributed by atoms with van der Waals surface area (Å²) in [6.45, 7) is 4.17. The average Bonchev–Trinajstić information content (AvgIpc) is 2.82. The molecule has 0 amide bonds. The molecule has 1 heterocycles. The van der Waals surface area contributed by atoms with Gasteiger partial charge in [-0.2, -0.15) is 4.31 Å². The molecule has 0 aromatic carbocycles. The van der Waals surface area contributed by atoms with E-state index in [-0.39, 0.29) is 12.3 Å². The molecule has 0 saturated carbocycles. The van der Waals surface area contributed by atoms with Gasteiger partial charge in [0, 0.05) is 11.4 Å². The van der Waals surface area contributed by atoms with E-state index in [9.17, 15) is 8.42 Å². The van der Waals surface area contributed by atoms with Crippen LogP contribution in [0, 0.1) is 11.8 Å². The molecule has 5 heteroatoms. The molecule has 0 fully saturated rings. The van der Waals surface area contributed by atoms with Crippen molar-refractivity contribution in [2.45, 2.75) is 20.3 Å². The smallest absolute Gasteiger partial charge is 0.212 e. The Morgan fingerprint density at radius 2 is 2.24 bits per heavy atom. The number of sulfonamides is 1. The summed E-state index contributed by atoms with van der Waals surface area (Å²) in [4.78, 5) is 1.20. The van der Waals surface area contributed by atoms with E-state index in [1.807, 2.05) is 17.5 Å². The second-order valence-corrected chi connectivity index (χ2v) is 6.78. The Hall–Kier alpha value is -0.830. The van der Waals surface area contributed by atoms with Crippen molar-refractivity contribution in [2.24, 2.45) is 0 Å². The molecule has 1 aromatic rings. The molecule has 0 N–H and O–H groups in total. The zero-order valence-electron chi connectivity index (χ0n) is 10.1. The van der Waals surface area contributed by atoms with Gasteiger partial charge in [0.15, 0.2) is 0 Å². The van der Waals surface area contributed by atoms with Crippen LogP contribution in [-0.4, -0.2) is 31.6 Å². The first-order chi connectivity index (χ1) is 8.10. The maximum atomic E-state index is 11.8. The van der Waals surface area contributed by atoms with Gasteiger partial charge < -0.3 is 0 Å². The van der Waals surface area contributed by atoms with Crippen LogP contribution in [-0.2, 0) is 16.4 Å². The second-order valence-electron chi connectivity index (χ2n) is 3.49. The van der Waals surface area contributed by atoms with Crippen molar-refractivity contribution in [3.05, 3.63) is 22.4 Å². The van der Waals surface area contributed by atoms with Crippen molar-refractivity contribution in [1.82, 2.24) is 4.31 Å². The molecule has 1 rings (SSSR count). The van der Waals surface area contributed by atoms with E-state index < -0.39 is 10.0 Å². The maximum absolute atomic E-state index is 11.8. The second kappa shape index (κ2) is 6.80. The molecule has 0 radical (unpaired) electrons. The van der Waals surface area contributed by atoms with E-state index in [4.69, 9.17) is 0 Å². The van der Waals surface area contributed by atoms with Crippen LogP contribution in [0.4, 0.5) is 0 Å². The van der Waals surface area contributed by atoms with Crippen LogP contribution in [0.3, 0.4) is 0 Å². The standard InChI is InChI=1S/C12H17NO2S2/c1-3-5-9-13(17(14,15)4-2)10-8-12-7-6-11-16-12/h6-7,11H,4,8-10H2,1-2H3. The van der Waals surface area contributed by atoms with Crippen LogP contribution in [0.25, 0.3) is 0 Å². The predicted octanol–water partition coefficient (Wildman–Crippen LogP) is 1.97. The molecule has 0 unspecified atom stereocenters. The highest BCUT2D eigenvalue weighted by Crippen LogP contribution is 2.11. The van der Waals surface area contributed by atoms with E-state index in [0.717, 1.165) is 6.42 Å². The van der Waals surface area contributed by atoms with Crippen LogP contribution >= 0.6 is 11.3 Å². The summed E-state index contributed by atoms with van der Waals surface area (Å²) in [5.74, 6) is 5.68. The van der Waals surface area contributed by atoms with Crippen molar-refractivity contribution < 1.29 is 8.42 Å². The molecule has 0 spiro atoms. The summed E-state index contributed by atoms with van der Waals surface area (Å²) in [7, 11) is -3.15. The fourth-order valence-corrected chi connectivity index (χ4v) is 3.05. The maximum Gasteiger partial charge on any atom is 0.214 e. The van der Waals surface area contributed by atoms with E-state index >= 15 is 0 Å². The molecule has 0 aliphatic rings. The van der Waals surface area contributed by atoms with Crippen molar-refractivity contribution in [3.63, 3.8) is 0 Å². The summed E-state index contributed by atoms with van der Waals surface area (Å²) >= 11 is 1.65. The molecule has 0 atom stereocenters. The highest BCUT2D eigenvalue weighted by molar-refractivity contribution is 7.89. The molecule has 1 aromatic heterocycles. The highest BCUT2D eigenvalue weighted by atomic mass is 32.2. The van der Waals surface area contributed by atoms with E-state index in [2.05, 4.69) is 11.8 Å². The third-order valence-corrected chi connectivity index (χ3v) is 5.14. The number of nitrogens with zero attached hydrogens (tertiary/aromatic N) is 1. The molecule has 0 bridgehead atoms. The average molecular weight is 271 g/mol.